The molecule has 57 valence electrons. The maximum atomic E-state index is 4.54. The van der Waals surface area contributed by atoms with Crippen molar-refractivity contribution in [2.24, 2.45) is 5.16 Å². The Hall–Kier alpha value is -1.31. The van der Waals surface area contributed by atoms with Crippen LogP contribution in [0.4, 0.5) is 0 Å². The monoisotopic (exact) mass is 148 g/mol. The fourth-order valence-electron chi connectivity index (χ4n) is 0.788. The summed E-state index contributed by atoms with van der Waals surface area (Å²) < 4.78 is 0. The lowest BCUT2D eigenvalue weighted by atomic mass is 10.2. The van der Waals surface area contributed by atoms with E-state index in [1.807, 2.05) is 25.1 Å². The quantitative estimate of drug-likeness (QED) is 0.462. The van der Waals surface area contributed by atoms with Crippen molar-refractivity contribution in [2.45, 2.75) is 6.92 Å². The highest BCUT2D eigenvalue weighted by atomic mass is 16.6. The van der Waals surface area contributed by atoms with Crippen LogP contribution in [0.3, 0.4) is 0 Å². The van der Waals surface area contributed by atoms with Gasteiger partial charge in [0, 0.05) is 5.56 Å². The van der Waals surface area contributed by atoms with Gasteiger partial charge in [0.15, 0.2) is 0 Å². The Balaban J connectivity index is 2.79. The molecule has 1 aromatic rings. The van der Waals surface area contributed by atoms with Gasteiger partial charge in [-0.25, -0.2) is 0 Å². The molecular formula is C9H10NO. The predicted octanol–water partition coefficient (Wildman–Crippen LogP) is 1.78. The first-order valence-electron chi connectivity index (χ1n) is 3.38. The van der Waals surface area contributed by atoms with Crippen molar-refractivity contribution >= 4 is 6.21 Å². The van der Waals surface area contributed by atoms with Crippen LogP contribution in [0.1, 0.15) is 11.1 Å². The predicted molar refractivity (Wildman–Crippen MR) is 44.6 cm³/mol. The first kappa shape index (κ1) is 7.79. The van der Waals surface area contributed by atoms with Crippen molar-refractivity contribution in [3.05, 3.63) is 35.4 Å². The highest BCUT2D eigenvalue weighted by molar-refractivity contribution is 5.78. The van der Waals surface area contributed by atoms with E-state index in [4.69, 9.17) is 0 Å². The van der Waals surface area contributed by atoms with E-state index < -0.39 is 0 Å². The van der Waals surface area contributed by atoms with E-state index >= 15 is 0 Å². The zero-order valence-electron chi connectivity index (χ0n) is 6.66. The van der Waals surface area contributed by atoms with Crippen molar-refractivity contribution < 1.29 is 4.84 Å². The second kappa shape index (κ2) is 3.76. The number of rotatable bonds is 2. The van der Waals surface area contributed by atoms with Crippen molar-refractivity contribution in [1.29, 1.82) is 0 Å². The zero-order chi connectivity index (χ0) is 8.10. The molecule has 1 rings (SSSR count). The lowest BCUT2D eigenvalue weighted by Gasteiger charge is -1.92. The summed E-state index contributed by atoms with van der Waals surface area (Å²) in [5.41, 5.74) is 2.13. The van der Waals surface area contributed by atoms with E-state index in [1.165, 1.54) is 12.7 Å². The van der Waals surface area contributed by atoms with Crippen LogP contribution in [-0.2, 0) is 4.84 Å². The van der Waals surface area contributed by atoms with Gasteiger partial charge in [-0.05, 0) is 19.1 Å². The lowest BCUT2D eigenvalue weighted by molar-refractivity contribution is 0.215. The second-order valence-corrected chi connectivity index (χ2v) is 2.24. The van der Waals surface area contributed by atoms with Crippen LogP contribution in [0.15, 0.2) is 23.4 Å². The summed E-state index contributed by atoms with van der Waals surface area (Å²) in [6, 6.07) is 8.86. The third-order valence-electron chi connectivity index (χ3n) is 1.28. The first-order valence-corrected chi connectivity index (χ1v) is 3.38. The van der Waals surface area contributed by atoms with Crippen LogP contribution in [-0.4, -0.2) is 13.3 Å². The Labute approximate surface area is 66.5 Å². The molecule has 1 radical (unpaired) electrons. The number of hydrogen-bond donors (Lipinski definition) is 0. The van der Waals surface area contributed by atoms with Gasteiger partial charge >= 0.3 is 0 Å². The van der Waals surface area contributed by atoms with E-state index in [-0.39, 0.29) is 0 Å². The number of aryl methyl sites for hydroxylation is 1. The fourth-order valence-corrected chi connectivity index (χ4v) is 0.788. The fraction of sp³-hybridized carbons (Fsp3) is 0.222. The molecule has 0 aliphatic rings. The number of nitrogens with zero attached hydrogens (tertiary/aromatic N) is 1. The molecule has 0 spiro atoms. The van der Waals surface area contributed by atoms with E-state index in [2.05, 4.69) is 16.1 Å². The van der Waals surface area contributed by atoms with Gasteiger partial charge in [-0.2, -0.15) is 0 Å². The average molecular weight is 148 g/mol. The smallest absolute Gasteiger partial charge is 0.106 e. The molecule has 0 N–H and O–H groups in total. The Kier molecular flexibility index (Phi) is 2.66. The molecular weight excluding hydrogens is 138 g/mol. The van der Waals surface area contributed by atoms with Gasteiger partial charge in [-0.15, -0.1) is 0 Å². The summed E-state index contributed by atoms with van der Waals surface area (Å²) in [7, 11) is 1.52. The zero-order valence-corrected chi connectivity index (χ0v) is 6.66. The van der Waals surface area contributed by atoms with Crippen LogP contribution in [0.5, 0.6) is 0 Å². The maximum Gasteiger partial charge on any atom is 0.106 e. The topological polar surface area (TPSA) is 21.6 Å². The van der Waals surface area contributed by atoms with Crippen molar-refractivity contribution in [3.63, 3.8) is 0 Å². The lowest BCUT2D eigenvalue weighted by Crippen LogP contribution is -1.82. The standard InChI is InChI=1S/C9H10NO/c1-8-4-3-5-9(6-8)7-10-11-2/h3-4,6-7H,1-2H3. The van der Waals surface area contributed by atoms with Gasteiger partial charge in [0.2, 0.25) is 0 Å². The molecule has 0 saturated heterocycles. The SMILES string of the molecule is CON=Cc1[c]ccc(C)c1. The summed E-state index contributed by atoms with van der Waals surface area (Å²) >= 11 is 0. The Bertz CT molecular complexity index is 255. The molecule has 1 aromatic carbocycles. The highest BCUT2D eigenvalue weighted by Gasteiger charge is 1.87. The minimum atomic E-state index is 0.937. The third kappa shape index (κ3) is 2.42. The van der Waals surface area contributed by atoms with Crippen LogP contribution in [0.25, 0.3) is 0 Å². The van der Waals surface area contributed by atoms with Crippen LogP contribution in [0, 0.1) is 13.0 Å². The van der Waals surface area contributed by atoms with Crippen LogP contribution < -0.4 is 0 Å². The van der Waals surface area contributed by atoms with Crippen molar-refractivity contribution in [1.82, 2.24) is 0 Å². The molecule has 0 atom stereocenters. The normalized spacial score (nSPS) is 10.4. The molecule has 0 saturated carbocycles. The number of oxime groups is 1. The highest BCUT2D eigenvalue weighted by Crippen LogP contribution is 1.99. The summed E-state index contributed by atoms with van der Waals surface area (Å²) in [5.74, 6) is 0. The molecule has 0 fully saturated rings. The van der Waals surface area contributed by atoms with E-state index in [0.29, 0.717) is 0 Å². The average Bonchev–Trinajstić information content (AvgIpc) is 2.01. The molecule has 2 heteroatoms. The van der Waals surface area contributed by atoms with E-state index in [0.717, 1.165) is 5.56 Å². The van der Waals surface area contributed by atoms with Crippen molar-refractivity contribution in [3.8, 4) is 0 Å². The third-order valence-corrected chi connectivity index (χ3v) is 1.28. The second-order valence-electron chi connectivity index (χ2n) is 2.24. The van der Waals surface area contributed by atoms with Gasteiger partial charge in [0.25, 0.3) is 0 Å². The minimum Gasteiger partial charge on any atom is -0.399 e. The Morgan fingerprint density at radius 2 is 2.45 bits per heavy atom. The van der Waals surface area contributed by atoms with Gasteiger partial charge in [-0.1, -0.05) is 22.9 Å². The van der Waals surface area contributed by atoms with Gasteiger partial charge in [0.1, 0.15) is 7.11 Å². The molecule has 11 heavy (non-hydrogen) atoms. The van der Waals surface area contributed by atoms with E-state index in [1.54, 1.807) is 6.21 Å². The number of benzene rings is 1. The summed E-state index contributed by atoms with van der Waals surface area (Å²) in [4.78, 5) is 4.54. The van der Waals surface area contributed by atoms with Gasteiger partial charge < -0.3 is 4.84 Å². The Morgan fingerprint density at radius 3 is 3.09 bits per heavy atom. The molecule has 0 aliphatic heterocycles. The molecule has 2 nitrogen and oxygen atoms in total. The Morgan fingerprint density at radius 1 is 1.64 bits per heavy atom. The maximum absolute atomic E-state index is 4.54. The molecule has 0 amide bonds. The number of hydrogen-bond acceptors (Lipinski definition) is 2. The molecule has 0 bridgehead atoms. The summed E-state index contributed by atoms with van der Waals surface area (Å²) in [6.45, 7) is 2.03. The summed E-state index contributed by atoms with van der Waals surface area (Å²) in [5, 5.41) is 3.63. The van der Waals surface area contributed by atoms with Gasteiger partial charge in [-0.3, -0.25) is 0 Å². The summed E-state index contributed by atoms with van der Waals surface area (Å²) in [6.07, 6.45) is 1.63. The van der Waals surface area contributed by atoms with Crippen LogP contribution in [0.2, 0.25) is 0 Å². The van der Waals surface area contributed by atoms with Crippen LogP contribution >= 0.6 is 0 Å². The van der Waals surface area contributed by atoms with Crippen molar-refractivity contribution in [2.75, 3.05) is 7.11 Å². The van der Waals surface area contributed by atoms with Gasteiger partial charge in [0.05, 0.1) is 6.21 Å². The largest absolute Gasteiger partial charge is 0.399 e. The molecule has 0 aromatic heterocycles. The van der Waals surface area contributed by atoms with E-state index in [9.17, 15) is 0 Å². The molecule has 0 unspecified atom stereocenters. The molecule has 0 aliphatic carbocycles. The molecule has 0 heterocycles. The minimum absolute atomic E-state index is 0.937. The first-order chi connectivity index (χ1) is 5.33.